The second-order valence-corrected chi connectivity index (χ2v) is 8.36. The van der Waals surface area contributed by atoms with Gasteiger partial charge in [0.1, 0.15) is 5.58 Å². The van der Waals surface area contributed by atoms with Gasteiger partial charge in [-0.3, -0.25) is 9.59 Å². The van der Waals surface area contributed by atoms with Crippen molar-refractivity contribution in [3.05, 3.63) is 67.7 Å². The van der Waals surface area contributed by atoms with Crippen LogP contribution in [0.15, 0.2) is 44.9 Å². The van der Waals surface area contributed by atoms with Gasteiger partial charge in [-0.25, -0.2) is 0 Å². The van der Waals surface area contributed by atoms with Crippen molar-refractivity contribution in [1.29, 1.82) is 0 Å². The number of hydrogen-bond acceptors (Lipinski definition) is 5. The van der Waals surface area contributed by atoms with Crippen LogP contribution in [0.2, 0.25) is 0 Å². The van der Waals surface area contributed by atoms with E-state index in [0.717, 1.165) is 35.5 Å². The number of benzene rings is 1. The number of hydrogen-bond donors (Lipinski definition) is 0. The summed E-state index contributed by atoms with van der Waals surface area (Å²) in [6.45, 7) is 5.53. The smallest absolute Gasteiger partial charge is 0.290 e. The first-order valence-corrected chi connectivity index (χ1v) is 10.4. The highest BCUT2D eigenvalue weighted by molar-refractivity contribution is 7.09. The van der Waals surface area contributed by atoms with E-state index in [0.29, 0.717) is 24.1 Å². The third-order valence-electron chi connectivity index (χ3n) is 5.04. The highest BCUT2D eigenvalue weighted by Gasteiger charge is 2.26. The Bertz CT molecular complexity index is 1050. The van der Waals surface area contributed by atoms with Gasteiger partial charge in [0, 0.05) is 24.1 Å². The molecule has 0 unspecified atom stereocenters. The summed E-state index contributed by atoms with van der Waals surface area (Å²) >= 11 is 1.60. The molecule has 0 N–H and O–H groups in total. The summed E-state index contributed by atoms with van der Waals surface area (Å²) in [5.41, 5.74) is 2.13. The summed E-state index contributed by atoms with van der Waals surface area (Å²) in [5, 5.41) is 2.53. The van der Waals surface area contributed by atoms with Gasteiger partial charge in [0.2, 0.25) is 0 Å². The van der Waals surface area contributed by atoms with Gasteiger partial charge in [-0.1, -0.05) is 12.1 Å². The Balaban J connectivity index is 1.69. The van der Waals surface area contributed by atoms with E-state index in [-0.39, 0.29) is 23.2 Å². The molecule has 1 aliphatic rings. The van der Waals surface area contributed by atoms with E-state index in [9.17, 15) is 9.59 Å². The molecular formula is C22H23NO4S. The molecular weight excluding hydrogens is 374 g/mol. The minimum Gasteiger partial charge on any atom is -0.451 e. The highest BCUT2D eigenvalue weighted by atomic mass is 32.1. The first kappa shape index (κ1) is 18.9. The molecule has 5 nitrogen and oxygen atoms in total. The van der Waals surface area contributed by atoms with Gasteiger partial charge in [0.05, 0.1) is 18.0 Å². The number of amides is 1. The number of nitrogens with zero attached hydrogens (tertiary/aromatic N) is 1. The van der Waals surface area contributed by atoms with Crippen LogP contribution in [0.4, 0.5) is 0 Å². The van der Waals surface area contributed by atoms with Gasteiger partial charge in [-0.2, -0.15) is 0 Å². The number of carbonyl (C=O) groups excluding carboxylic acids is 1. The normalized spacial score (nSPS) is 16.6. The zero-order chi connectivity index (χ0) is 19.7. The quantitative estimate of drug-likeness (QED) is 0.644. The van der Waals surface area contributed by atoms with E-state index in [2.05, 4.69) is 0 Å². The van der Waals surface area contributed by atoms with Crippen molar-refractivity contribution in [3.8, 4) is 0 Å². The third kappa shape index (κ3) is 3.88. The Hall–Kier alpha value is -2.44. The predicted molar refractivity (Wildman–Crippen MR) is 110 cm³/mol. The molecule has 0 radical (unpaired) electrons. The van der Waals surface area contributed by atoms with Crippen molar-refractivity contribution in [2.24, 2.45) is 0 Å². The predicted octanol–water partition coefficient (Wildman–Crippen LogP) is 4.29. The summed E-state index contributed by atoms with van der Waals surface area (Å²) < 4.78 is 11.6. The number of thiophene rings is 1. The fourth-order valence-electron chi connectivity index (χ4n) is 3.77. The zero-order valence-corrected chi connectivity index (χ0v) is 16.9. The van der Waals surface area contributed by atoms with Crippen molar-refractivity contribution in [2.75, 3.05) is 13.2 Å². The van der Waals surface area contributed by atoms with Crippen LogP contribution in [0, 0.1) is 13.8 Å². The topological polar surface area (TPSA) is 59.8 Å². The molecule has 4 rings (SSSR count). The maximum atomic E-state index is 13.3. The molecule has 0 aliphatic carbocycles. The van der Waals surface area contributed by atoms with Crippen molar-refractivity contribution in [2.45, 2.75) is 39.3 Å². The van der Waals surface area contributed by atoms with Crippen LogP contribution in [0.3, 0.4) is 0 Å². The SMILES string of the molecule is Cc1cc(C)c2c(=O)cc(C(=O)N(Cc3cccs3)C[C@H]3CCCO3)oc2c1. The van der Waals surface area contributed by atoms with Crippen LogP contribution in [-0.2, 0) is 11.3 Å². The van der Waals surface area contributed by atoms with E-state index in [4.69, 9.17) is 9.15 Å². The molecule has 1 saturated heterocycles. The first-order valence-electron chi connectivity index (χ1n) is 9.49. The largest absolute Gasteiger partial charge is 0.451 e. The molecule has 1 aliphatic heterocycles. The van der Waals surface area contributed by atoms with Crippen molar-refractivity contribution in [1.82, 2.24) is 4.90 Å². The number of ether oxygens (including phenoxy) is 1. The maximum absolute atomic E-state index is 13.3. The molecule has 1 aromatic carbocycles. The fourth-order valence-corrected chi connectivity index (χ4v) is 4.49. The lowest BCUT2D eigenvalue weighted by molar-refractivity contribution is 0.0486. The van der Waals surface area contributed by atoms with Gasteiger partial charge in [0.25, 0.3) is 5.91 Å². The monoisotopic (exact) mass is 397 g/mol. The summed E-state index contributed by atoms with van der Waals surface area (Å²) in [5.74, 6) is -0.195. The Labute approximate surface area is 167 Å². The maximum Gasteiger partial charge on any atom is 0.290 e. The van der Waals surface area contributed by atoms with Crippen LogP contribution >= 0.6 is 11.3 Å². The molecule has 146 valence electrons. The fraction of sp³-hybridized carbons (Fsp3) is 0.364. The lowest BCUT2D eigenvalue weighted by Crippen LogP contribution is -2.37. The van der Waals surface area contributed by atoms with Crippen molar-refractivity contribution >= 4 is 28.2 Å². The summed E-state index contributed by atoms with van der Waals surface area (Å²) in [6.07, 6.45) is 1.98. The van der Waals surface area contributed by atoms with Crippen LogP contribution in [0.5, 0.6) is 0 Å². The first-order chi connectivity index (χ1) is 13.5. The van der Waals surface area contributed by atoms with Crippen LogP contribution in [0.25, 0.3) is 11.0 Å². The van der Waals surface area contributed by atoms with Crippen LogP contribution < -0.4 is 5.43 Å². The zero-order valence-electron chi connectivity index (χ0n) is 16.1. The van der Waals surface area contributed by atoms with E-state index >= 15 is 0 Å². The van der Waals surface area contributed by atoms with Crippen LogP contribution in [-0.4, -0.2) is 30.1 Å². The molecule has 1 atom stereocenters. The van der Waals surface area contributed by atoms with Crippen molar-refractivity contribution in [3.63, 3.8) is 0 Å². The van der Waals surface area contributed by atoms with Gasteiger partial charge in [-0.15, -0.1) is 11.3 Å². The van der Waals surface area contributed by atoms with Gasteiger partial charge >= 0.3 is 0 Å². The molecule has 0 bridgehead atoms. The Kier molecular flexibility index (Phi) is 5.33. The van der Waals surface area contributed by atoms with Crippen LogP contribution in [0.1, 0.15) is 39.4 Å². The number of rotatable bonds is 5. The second-order valence-electron chi connectivity index (χ2n) is 7.33. The molecule has 6 heteroatoms. The van der Waals surface area contributed by atoms with Gasteiger partial charge < -0.3 is 14.1 Å². The summed E-state index contributed by atoms with van der Waals surface area (Å²) in [6, 6.07) is 9.05. The highest BCUT2D eigenvalue weighted by Crippen LogP contribution is 2.22. The van der Waals surface area contributed by atoms with Gasteiger partial charge in [-0.05, 0) is 55.3 Å². The number of carbonyl (C=O) groups is 1. The second kappa shape index (κ2) is 7.89. The minimum absolute atomic E-state index is 0.0283. The van der Waals surface area contributed by atoms with E-state index in [1.165, 1.54) is 6.07 Å². The lowest BCUT2D eigenvalue weighted by Gasteiger charge is -2.24. The molecule has 0 spiro atoms. The lowest BCUT2D eigenvalue weighted by atomic mass is 10.1. The summed E-state index contributed by atoms with van der Waals surface area (Å²) in [4.78, 5) is 28.7. The standard InChI is InChI=1S/C22H23NO4S/c1-14-9-15(2)21-18(24)11-20(27-19(21)10-14)22(25)23(12-16-5-3-7-26-16)13-17-6-4-8-28-17/h4,6,8-11,16H,3,5,7,12-13H2,1-2H3/t16-/m1/s1. The van der Waals surface area contributed by atoms with Crippen molar-refractivity contribution < 1.29 is 13.9 Å². The average Bonchev–Trinajstić information content (AvgIpc) is 3.33. The Morgan fingerprint density at radius 2 is 2.14 bits per heavy atom. The molecule has 3 heterocycles. The molecule has 1 fully saturated rings. The van der Waals surface area contributed by atoms with E-state index < -0.39 is 0 Å². The Morgan fingerprint density at radius 1 is 1.29 bits per heavy atom. The van der Waals surface area contributed by atoms with E-state index in [1.807, 2.05) is 43.5 Å². The number of fused-ring (bicyclic) bond motifs is 1. The summed E-state index contributed by atoms with van der Waals surface area (Å²) in [7, 11) is 0. The molecule has 28 heavy (non-hydrogen) atoms. The van der Waals surface area contributed by atoms with Gasteiger partial charge in [0.15, 0.2) is 11.2 Å². The Morgan fingerprint density at radius 3 is 2.86 bits per heavy atom. The minimum atomic E-state index is -0.276. The number of aryl methyl sites for hydroxylation is 2. The molecule has 1 amide bonds. The molecule has 3 aromatic rings. The average molecular weight is 397 g/mol. The third-order valence-corrected chi connectivity index (χ3v) is 5.91. The molecule has 2 aromatic heterocycles. The molecule has 0 saturated carbocycles. The van der Waals surface area contributed by atoms with E-state index in [1.54, 1.807) is 16.2 Å².